The molecule has 2 atom stereocenters. The first kappa shape index (κ1) is 24.6. The van der Waals surface area contributed by atoms with E-state index in [1.54, 1.807) is 30.3 Å². The third-order valence-electron chi connectivity index (χ3n) is 5.94. The summed E-state index contributed by atoms with van der Waals surface area (Å²) in [5, 5.41) is 7.22. The van der Waals surface area contributed by atoms with Gasteiger partial charge in [0.2, 0.25) is 21.8 Å². The topological polar surface area (TPSA) is 143 Å². The van der Waals surface area contributed by atoms with Crippen LogP contribution in [0.5, 0.6) is 11.5 Å². The zero-order valence-corrected chi connectivity index (χ0v) is 20.7. The van der Waals surface area contributed by atoms with E-state index in [4.69, 9.17) is 18.6 Å². The van der Waals surface area contributed by atoms with Crippen LogP contribution < -0.4 is 14.2 Å². The van der Waals surface area contributed by atoms with Gasteiger partial charge >= 0.3 is 0 Å². The van der Waals surface area contributed by atoms with Crippen molar-refractivity contribution in [2.24, 2.45) is 0 Å². The highest BCUT2D eigenvalue weighted by Crippen LogP contribution is 2.38. The normalized spacial score (nSPS) is 17.9. The Morgan fingerprint density at radius 1 is 1.08 bits per heavy atom. The van der Waals surface area contributed by atoms with Crippen molar-refractivity contribution in [3.05, 3.63) is 60.6 Å². The lowest BCUT2D eigenvalue weighted by atomic mass is 9.99. The maximum atomic E-state index is 13.7. The molecule has 1 aromatic carbocycles. The highest BCUT2D eigenvalue weighted by molar-refractivity contribution is 7.93. The lowest BCUT2D eigenvalue weighted by Crippen LogP contribution is -2.41. The Bertz CT molecular complexity index is 1450. The first-order chi connectivity index (χ1) is 17.9. The van der Waals surface area contributed by atoms with Crippen molar-refractivity contribution in [3.8, 4) is 28.8 Å². The number of ether oxygens (including phenoxy) is 3. The minimum Gasteiger partial charge on any atom is -0.494 e. The zero-order valence-electron chi connectivity index (χ0n) is 19.9. The van der Waals surface area contributed by atoms with Crippen LogP contribution in [0.15, 0.2) is 53.4 Å². The lowest BCUT2D eigenvalue weighted by Gasteiger charge is -2.30. The third kappa shape index (κ3) is 4.72. The summed E-state index contributed by atoms with van der Waals surface area (Å²) in [7, 11) is -1.20. The summed E-state index contributed by atoms with van der Waals surface area (Å²) in [6, 6.07) is 8.45. The molecule has 194 valence electrons. The van der Waals surface area contributed by atoms with E-state index in [2.05, 4.69) is 24.9 Å². The third-order valence-corrected chi connectivity index (χ3v) is 7.67. The molecule has 37 heavy (non-hydrogen) atoms. The van der Waals surface area contributed by atoms with Gasteiger partial charge in [-0.1, -0.05) is 6.07 Å². The largest absolute Gasteiger partial charge is 0.494 e. The van der Waals surface area contributed by atoms with Crippen LogP contribution in [0.2, 0.25) is 0 Å². The van der Waals surface area contributed by atoms with Gasteiger partial charge in [-0.05, 0) is 30.7 Å². The number of halogens is 1. The summed E-state index contributed by atoms with van der Waals surface area (Å²) >= 11 is 0. The van der Waals surface area contributed by atoms with Crippen LogP contribution in [0.25, 0.3) is 17.3 Å². The molecule has 1 fully saturated rings. The number of rotatable bonds is 8. The van der Waals surface area contributed by atoms with Gasteiger partial charge in [0.05, 0.1) is 39.5 Å². The number of hydrogen-bond donors (Lipinski definition) is 1. The number of methoxy groups -OCH3 is 2. The van der Waals surface area contributed by atoms with Gasteiger partial charge < -0.3 is 18.6 Å². The van der Waals surface area contributed by atoms with E-state index in [1.165, 1.54) is 25.0 Å². The number of nitrogens with zero attached hydrogens (tertiary/aromatic N) is 5. The van der Waals surface area contributed by atoms with Crippen molar-refractivity contribution in [3.63, 3.8) is 0 Å². The highest BCUT2D eigenvalue weighted by Gasteiger charge is 2.40. The summed E-state index contributed by atoms with van der Waals surface area (Å²) in [5.41, 5.74) is 0.361. The predicted octanol–water partition coefficient (Wildman–Crippen LogP) is 2.79. The Morgan fingerprint density at radius 3 is 2.46 bits per heavy atom. The monoisotopic (exact) mass is 530 g/mol. The van der Waals surface area contributed by atoms with Crippen LogP contribution in [0, 0.1) is 5.82 Å². The first-order valence-electron chi connectivity index (χ1n) is 11.2. The minimum absolute atomic E-state index is 0.113. The smallest absolute Gasteiger partial charge is 0.243 e. The molecule has 1 N–H and O–H groups in total. The second-order valence-electron chi connectivity index (χ2n) is 8.09. The van der Waals surface area contributed by atoms with E-state index in [1.807, 2.05) is 0 Å². The van der Waals surface area contributed by atoms with Gasteiger partial charge in [-0.3, -0.25) is 9.29 Å². The molecule has 0 spiro atoms. The Kier molecular flexibility index (Phi) is 6.76. The second kappa shape index (κ2) is 10.1. The average molecular weight is 531 g/mol. The fourth-order valence-corrected chi connectivity index (χ4v) is 5.71. The van der Waals surface area contributed by atoms with E-state index >= 15 is 0 Å². The Labute approximate surface area is 211 Å². The number of hydrogen-bond acceptors (Lipinski definition) is 10. The molecule has 12 nitrogen and oxygen atoms in total. The van der Waals surface area contributed by atoms with Crippen molar-refractivity contribution in [2.45, 2.75) is 17.6 Å². The van der Waals surface area contributed by atoms with Crippen LogP contribution >= 0.6 is 0 Å². The molecule has 1 saturated heterocycles. The van der Waals surface area contributed by atoms with Gasteiger partial charge in [-0.2, -0.15) is 0 Å². The molecule has 0 amide bonds. The molecule has 14 heteroatoms. The van der Waals surface area contributed by atoms with Gasteiger partial charge in [0.15, 0.2) is 11.6 Å². The molecular weight excluding hydrogens is 507 g/mol. The molecule has 3 aromatic heterocycles. The fourth-order valence-electron chi connectivity index (χ4n) is 4.21. The summed E-state index contributed by atoms with van der Waals surface area (Å²) in [4.78, 5) is 8.02. The van der Waals surface area contributed by atoms with Gasteiger partial charge in [0, 0.05) is 12.5 Å². The van der Waals surface area contributed by atoms with Crippen molar-refractivity contribution >= 4 is 16.0 Å². The van der Waals surface area contributed by atoms with E-state index in [0.717, 1.165) is 12.4 Å². The molecule has 0 radical (unpaired) electrons. The summed E-state index contributed by atoms with van der Waals surface area (Å²) < 4.78 is 66.9. The van der Waals surface area contributed by atoms with Crippen LogP contribution in [0.1, 0.15) is 18.2 Å². The summed E-state index contributed by atoms with van der Waals surface area (Å²) in [5.74, 6) is 0.152. The average Bonchev–Trinajstić information content (AvgIpc) is 3.58. The van der Waals surface area contributed by atoms with Crippen molar-refractivity contribution in [1.82, 2.24) is 24.7 Å². The second-order valence-corrected chi connectivity index (χ2v) is 9.99. The number of anilines is 1. The van der Waals surface area contributed by atoms with E-state index in [9.17, 15) is 12.8 Å². The Morgan fingerprint density at radius 2 is 1.81 bits per heavy atom. The minimum atomic E-state index is -4.15. The number of aromatic nitrogens is 5. The molecule has 5 rings (SSSR count). The molecule has 0 aliphatic carbocycles. The van der Waals surface area contributed by atoms with Gasteiger partial charge in [0.25, 0.3) is 0 Å². The van der Waals surface area contributed by atoms with Gasteiger partial charge in [-0.25, -0.2) is 22.8 Å². The molecule has 0 bridgehead atoms. The standard InChI is InChI=1S/C23H23FN6O6S/c1-33-16-5-3-6-17(34-2)20(16)30-22(18-7-4-9-36-18)27-28-23(30)29-37(31,32)19-13-35-10-8-15(19)21-25-11-14(24)12-26-21/h3-7,9,11-12,15,19H,8,10,13H2,1-2H3,(H,28,29)/t15-,19-/m0/s1. The molecule has 1 aliphatic heterocycles. The number of sulfonamides is 1. The number of para-hydroxylation sites is 1. The van der Waals surface area contributed by atoms with Crippen molar-refractivity contribution in [1.29, 1.82) is 0 Å². The summed E-state index contributed by atoms with van der Waals surface area (Å²) in [6.07, 6.45) is 3.82. The Hall–Kier alpha value is -4.04. The lowest BCUT2D eigenvalue weighted by molar-refractivity contribution is 0.0863. The van der Waals surface area contributed by atoms with Crippen molar-refractivity contribution < 1.29 is 31.4 Å². The Balaban J connectivity index is 1.60. The quantitative estimate of drug-likeness (QED) is 0.361. The maximum absolute atomic E-state index is 13.7. The maximum Gasteiger partial charge on any atom is 0.243 e. The molecule has 4 heterocycles. The van der Waals surface area contributed by atoms with Crippen LogP contribution in [0.3, 0.4) is 0 Å². The molecule has 0 saturated carbocycles. The van der Waals surface area contributed by atoms with E-state index in [-0.39, 0.29) is 24.2 Å². The molecular formula is C23H23FN6O6S. The van der Waals surface area contributed by atoms with Gasteiger partial charge in [0.1, 0.15) is 28.3 Å². The predicted molar refractivity (Wildman–Crippen MR) is 129 cm³/mol. The highest BCUT2D eigenvalue weighted by atomic mass is 32.2. The van der Waals surface area contributed by atoms with E-state index < -0.39 is 27.0 Å². The van der Waals surface area contributed by atoms with Crippen molar-refractivity contribution in [2.75, 3.05) is 32.2 Å². The number of nitrogens with one attached hydrogen (secondary N) is 1. The zero-order chi connectivity index (χ0) is 26.0. The molecule has 4 aromatic rings. The number of benzene rings is 1. The SMILES string of the molecule is COc1cccc(OC)c1-n1c(NS(=O)(=O)[C@H]2COCC[C@@H]2c2ncc(F)cn2)nnc1-c1ccco1. The number of furan rings is 1. The van der Waals surface area contributed by atoms with E-state index in [0.29, 0.717) is 36.0 Å². The molecule has 1 aliphatic rings. The van der Waals surface area contributed by atoms with Gasteiger partial charge in [-0.15, -0.1) is 10.2 Å². The van der Waals surface area contributed by atoms with Crippen LogP contribution in [0.4, 0.5) is 10.3 Å². The summed E-state index contributed by atoms with van der Waals surface area (Å²) in [6.45, 7) is 0.201. The fraction of sp³-hybridized carbons (Fsp3) is 0.304. The van der Waals surface area contributed by atoms with Crippen LogP contribution in [-0.2, 0) is 14.8 Å². The first-order valence-corrected chi connectivity index (χ1v) is 12.7. The molecule has 0 unspecified atom stereocenters. The van der Waals surface area contributed by atoms with Crippen LogP contribution in [-0.4, -0.2) is 65.8 Å².